The maximum absolute atomic E-state index is 5.36. The molecule has 0 atom stereocenters. The standard InChI is InChI=1S/C47H29N3S/c1-4-15-30(16-5-1)33-21-10-11-22-36(33)47-49-41(31-17-6-2-7-18-31)29-42(50-47)38-25-14-24-34-35-27-28-39-43(46(35)51-45(34)38)37-23-12-13-26-40(37)48-44(39)32-19-8-3-9-20-32/h1-29H. The number of para-hydroxylation sites is 1. The molecule has 4 heteroatoms. The molecule has 10 rings (SSSR count). The third-order valence-corrected chi connectivity index (χ3v) is 11.0. The molecule has 0 radical (unpaired) electrons. The summed E-state index contributed by atoms with van der Waals surface area (Å²) < 4.78 is 2.47. The Morgan fingerprint density at radius 1 is 0.353 bits per heavy atom. The first-order valence-corrected chi connectivity index (χ1v) is 17.9. The average Bonchev–Trinajstić information content (AvgIpc) is 3.60. The van der Waals surface area contributed by atoms with Gasteiger partial charge >= 0.3 is 0 Å². The van der Waals surface area contributed by atoms with Crippen LogP contribution in [-0.4, -0.2) is 15.0 Å². The summed E-state index contributed by atoms with van der Waals surface area (Å²) in [7, 11) is 0. The molecular weight excluding hydrogens is 639 g/mol. The maximum Gasteiger partial charge on any atom is 0.161 e. The molecule has 0 aliphatic heterocycles. The van der Waals surface area contributed by atoms with E-state index in [9.17, 15) is 0 Å². The molecule has 3 aromatic heterocycles. The van der Waals surface area contributed by atoms with Gasteiger partial charge < -0.3 is 0 Å². The fourth-order valence-electron chi connectivity index (χ4n) is 7.32. The molecule has 7 aromatic carbocycles. The number of hydrogen-bond donors (Lipinski definition) is 0. The zero-order chi connectivity index (χ0) is 33.7. The van der Waals surface area contributed by atoms with E-state index in [1.807, 2.05) is 23.5 Å². The van der Waals surface area contributed by atoms with E-state index in [1.165, 1.54) is 30.9 Å². The smallest absolute Gasteiger partial charge is 0.161 e. The Hall–Kier alpha value is -6.49. The minimum Gasteiger partial charge on any atom is -0.247 e. The summed E-state index contributed by atoms with van der Waals surface area (Å²) in [5.41, 5.74) is 10.3. The monoisotopic (exact) mass is 667 g/mol. The van der Waals surface area contributed by atoms with Crippen LogP contribution < -0.4 is 0 Å². The van der Waals surface area contributed by atoms with Crippen LogP contribution in [-0.2, 0) is 0 Å². The minimum atomic E-state index is 0.707. The van der Waals surface area contributed by atoms with Gasteiger partial charge in [0, 0.05) is 58.6 Å². The molecule has 0 fully saturated rings. The predicted molar refractivity (Wildman–Crippen MR) is 215 cm³/mol. The van der Waals surface area contributed by atoms with Crippen molar-refractivity contribution in [2.45, 2.75) is 0 Å². The van der Waals surface area contributed by atoms with Crippen LogP contribution in [0.4, 0.5) is 0 Å². The fraction of sp³-hybridized carbons (Fsp3) is 0. The van der Waals surface area contributed by atoms with Crippen molar-refractivity contribution in [3.63, 3.8) is 0 Å². The lowest BCUT2D eigenvalue weighted by molar-refractivity contribution is 1.19. The number of fused-ring (bicyclic) bond motifs is 7. The zero-order valence-corrected chi connectivity index (χ0v) is 28.3. The van der Waals surface area contributed by atoms with Crippen molar-refractivity contribution in [1.82, 2.24) is 15.0 Å². The molecule has 51 heavy (non-hydrogen) atoms. The third-order valence-electron chi connectivity index (χ3n) is 9.70. The van der Waals surface area contributed by atoms with Gasteiger partial charge in [0.05, 0.1) is 22.6 Å². The van der Waals surface area contributed by atoms with Gasteiger partial charge in [-0.05, 0) is 23.3 Å². The summed E-state index contributed by atoms with van der Waals surface area (Å²) in [6.07, 6.45) is 0. The quantitative estimate of drug-likeness (QED) is 0.171. The van der Waals surface area contributed by atoms with Gasteiger partial charge in [-0.15, -0.1) is 11.3 Å². The molecular formula is C47H29N3S. The highest BCUT2D eigenvalue weighted by Crippen LogP contribution is 2.46. The Bertz CT molecular complexity index is 2900. The van der Waals surface area contributed by atoms with Gasteiger partial charge in [-0.25, -0.2) is 15.0 Å². The van der Waals surface area contributed by atoms with Crippen LogP contribution in [0.25, 0.3) is 98.1 Å². The van der Waals surface area contributed by atoms with Crippen LogP contribution in [0.3, 0.4) is 0 Å². The molecule has 0 amide bonds. The van der Waals surface area contributed by atoms with E-state index in [1.54, 1.807) is 0 Å². The average molecular weight is 668 g/mol. The lowest BCUT2D eigenvalue weighted by Gasteiger charge is -2.13. The first-order valence-electron chi connectivity index (χ1n) is 17.1. The van der Waals surface area contributed by atoms with E-state index in [-0.39, 0.29) is 0 Å². The molecule has 0 bridgehead atoms. The molecule has 0 spiro atoms. The maximum atomic E-state index is 5.36. The molecule has 0 N–H and O–H groups in total. The summed E-state index contributed by atoms with van der Waals surface area (Å²) >= 11 is 1.85. The van der Waals surface area contributed by atoms with Crippen molar-refractivity contribution >= 4 is 53.2 Å². The summed E-state index contributed by atoms with van der Waals surface area (Å²) in [5.74, 6) is 0.707. The summed E-state index contributed by atoms with van der Waals surface area (Å²) in [4.78, 5) is 15.8. The number of nitrogens with zero attached hydrogens (tertiary/aromatic N) is 3. The van der Waals surface area contributed by atoms with E-state index < -0.39 is 0 Å². The van der Waals surface area contributed by atoms with Crippen molar-refractivity contribution in [3.05, 3.63) is 176 Å². The topological polar surface area (TPSA) is 38.7 Å². The molecule has 0 unspecified atom stereocenters. The van der Waals surface area contributed by atoms with Crippen LogP contribution in [0.2, 0.25) is 0 Å². The van der Waals surface area contributed by atoms with Crippen molar-refractivity contribution in [2.24, 2.45) is 0 Å². The van der Waals surface area contributed by atoms with E-state index in [2.05, 4.69) is 164 Å². The molecule has 0 aliphatic carbocycles. The Kier molecular flexibility index (Phi) is 7.00. The Labute approximate surface area is 299 Å². The predicted octanol–water partition coefficient (Wildman–Crippen LogP) is 12.9. The van der Waals surface area contributed by atoms with Crippen LogP contribution >= 0.6 is 11.3 Å². The second-order valence-electron chi connectivity index (χ2n) is 12.7. The van der Waals surface area contributed by atoms with Crippen LogP contribution in [0, 0.1) is 0 Å². The van der Waals surface area contributed by atoms with Crippen molar-refractivity contribution < 1.29 is 0 Å². The number of pyridine rings is 1. The van der Waals surface area contributed by atoms with E-state index in [0.717, 1.165) is 61.4 Å². The summed E-state index contributed by atoms with van der Waals surface area (Å²) in [6, 6.07) is 61.7. The largest absolute Gasteiger partial charge is 0.247 e. The van der Waals surface area contributed by atoms with E-state index in [0.29, 0.717) is 5.82 Å². The number of rotatable bonds is 5. The van der Waals surface area contributed by atoms with Gasteiger partial charge in [0.1, 0.15) is 0 Å². The lowest BCUT2D eigenvalue weighted by Crippen LogP contribution is -1.97. The normalized spacial score (nSPS) is 11.5. The molecule has 0 saturated carbocycles. The van der Waals surface area contributed by atoms with Crippen LogP contribution in [0.5, 0.6) is 0 Å². The molecule has 238 valence electrons. The Balaban J connectivity index is 1.25. The number of thiophene rings is 1. The lowest BCUT2D eigenvalue weighted by atomic mass is 9.97. The second kappa shape index (κ2) is 12.1. The van der Waals surface area contributed by atoms with Gasteiger partial charge in [0.15, 0.2) is 5.82 Å². The number of benzene rings is 7. The molecule has 3 heterocycles. The van der Waals surface area contributed by atoms with Gasteiger partial charge in [-0.2, -0.15) is 0 Å². The van der Waals surface area contributed by atoms with E-state index >= 15 is 0 Å². The Morgan fingerprint density at radius 2 is 0.922 bits per heavy atom. The SMILES string of the molecule is c1ccc(-c2cc(-c3cccc4c3sc3c4ccc4c(-c5ccccc5)nc5ccccc5c43)nc(-c3ccccc3-c3ccccc3)n2)cc1. The molecule has 3 nitrogen and oxygen atoms in total. The second-order valence-corrected chi connectivity index (χ2v) is 13.8. The first kappa shape index (κ1) is 29.4. The van der Waals surface area contributed by atoms with Crippen LogP contribution in [0.1, 0.15) is 0 Å². The first-order chi connectivity index (χ1) is 25.3. The highest BCUT2D eigenvalue weighted by atomic mass is 32.1. The number of aromatic nitrogens is 3. The van der Waals surface area contributed by atoms with Crippen molar-refractivity contribution in [1.29, 1.82) is 0 Å². The third kappa shape index (κ3) is 5.00. The van der Waals surface area contributed by atoms with Gasteiger partial charge in [-0.3, -0.25) is 0 Å². The van der Waals surface area contributed by atoms with Gasteiger partial charge in [-0.1, -0.05) is 164 Å². The van der Waals surface area contributed by atoms with Crippen LogP contribution in [0.15, 0.2) is 176 Å². The summed E-state index contributed by atoms with van der Waals surface area (Å²) in [6.45, 7) is 0. The van der Waals surface area contributed by atoms with Gasteiger partial charge in [0.2, 0.25) is 0 Å². The van der Waals surface area contributed by atoms with E-state index in [4.69, 9.17) is 15.0 Å². The fourth-order valence-corrected chi connectivity index (χ4v) is 8.70. The Morgan fingerprint density at radius 3 is 1.71 bits per heavy atom. The highest BCUT2D eigenvalue weighted by Gasteiger charge is 2.20. The number of hydrogen-bond acceptors (Lipinski definition) is 4. The molecule has 0 saturated heterocycles. The summed E-state index contributed by atoms with van der Waals surface area (Å²) in [5, 5.41) is 6.04. The van der Waals surface area contributed by atoms with Crippen molar-refractivity contribution in [3.8, 4) is 56.3 Å². The highest BCUT2D eigenvalue weighted by molar-refractivity contribution is 7.27. The van der Waals surface area contributed by atoms with Crippen molar-refractivity contribution in [2.75, 3.05) is 0 Å². The van der Waals surface area contributed by atoms with Gasteiger partial charge in [0.25, 0.3) is 0 Å². The minimum absolute atomic E-state index is 0.707. The molecule has 10 aromatic rings. The molecule has 0 aliphatic rings. The zero-order valence-electron chi connectivity index (χ0n) is 27.5.